The highest BCUT2D eigenvalue weighted by Gasteiger charge is 2.11. The van der Waals surface area contributed by atoms with Gasteiger partial charge in [0.2, 0.25) is 0 Å². The van der Waals surface area contributed by atoms with Gasteiger partial charge in [-0.2, -0.15) is 0 Å². The van der Waals surface area contributed by atoms with Crippen molar-refractivity contribution in [1.29, 1.82) is 0 Å². The standard InChI is InChI=1S/C20H25N3O3/c1-3-4-5-11-26-17-8-6-7-15(12-17)13-22-20(24)18-10-9-16(14-25-2)23-19(18)21/h3-4,6-10,12H,5,11,13-14H2,1-2H3,(H2,21,23)(H,22,24). The van der Waals surface area contributed by atoms with Crippen molar-refractivity contribution in [1.82, 2.24) is 10.3 Å². The number of nitrogens with zero attached hydrogens (tertiary/aromatic N) is 1. The lowest BCUT2D eigenvalue weighted by molar-refractivity contribution is 0.0951. The van der Waals surface area contributed by atoms with Crippen molar-refractivity contribution >= 4 is 11.7 Å². The summed E-state index contributed by atoms with van der Waals surface area (Å²) in [6.45, 7) is 3.34. The van der Waals surface area contributed by atoms with E-state index in [9.17, 15) is 4.79 Å². The number of benzene rings is 1. The first-order valence-corrected chi connectivity index (χ1v) is 8.49. The summed E-state index contributed by atoms with van der Waals surface area (Å²) in [5, 5.41) is 2.85. The maximum atomic E-state index is 12.3. The highest BCUT2D eigenvalue weighted by atomic mass is 16.5. The number of carbonyl (C=O) groups is 1. The van der Waals surface area contributed by atoms with E-state index >= 15 is 0 Å². The van der Waals surface area contributed by atoms with E-state index in [1.54, 1.807) is 19.2 Å². The Morgan fingerprint density at radius 1 is 1.31 bits per heavy atom. The van der Waals surface area contributed by atoms with Gasteiger partial charge in [0.05, 0.1) is 24.5 Å². The number of carbonyl (C=O) groups excluding carboxylic acids is 1. The van der Waals surface area contributed by atoms with Gasteiger partial charge in [0, 0.05) is 13.7 Å². The van der Waals surface area contributed by atoms with Gasteiger partial charge in [0.15, 0.2) is 0 Å². The SMILES string of the molecule is CC=CCCOc1cccc(CNC(=O)c2ccc(COC)nc2N)c1. The fourth-order valence-corrected chi connectivity index (χ4v) is 2.37. The molecular formula is C20H25N3O3. The van der Waals surface area contributed by atoms with E-state index in [2.05, 4.69) is 16.4 Å². The number of ether oxygens (including phenoxy) is 2. The number of hydrogen-bond acceptors (Lipinski definition) is 5. The van der Waals surface area contributed by atoms with Crippen molar-refractivity contribution in [2.75, 3.05) is 19.5 Å². The van der Waals surface area contributed by atoms with Crippen molar-refractivity contribution in [2.45, 2.75) is 26.5 Å². The third kappa shape index (κ3) is 5.89. The van der Waals surface area contributed by atoms with Crippen LogP contribution in [0.2, 0.25) is 0 Å². The summed E-state index contributed by atoms with van der Waals surface area (Å²) in [7, 11) is 1.58. The lowest BCUT2D eigenvalue weighted by atomic mass is 10.2. The zero-order valence-corrected chi connectivity index (χ0v) is 15.2. The van der Waals surface area contributed by atoms with Crippen LogP contribution in [0.15, 0.2) is 48.6 Å². The zero-order valence-electron chi connectivity index (χ0n) is 15.2. The minimum Gasteiger partial charge on any atom is -0.493 e. The molecule has 0 saturated carbocycles. The van der Waals surface area contributed by atoms with E-state index in [4.69, 9.17) is 15.2 Å². The molecule has 0 atom stereocenters. The molecule has 0 aliphatic heterocycles. The van der Waals surface area contributed by atoms with Gasteiger partial charge in [-0.05, 0) is 43.2 Å². The molecule has 1 aromatic carbocycles. The van der Waals surface area contributed by atoms with E-state index in [0.29, 0.717) is 31.0 Å². The molecule has 0 aliphatic rings. The summed E-state index contributed by atoms with van der Waals surface area (Å²) in [6, 6.07) is 11.0. The van der Waals surface area contributed by atoms with Crippen LogP contribution < -0.4 is 15.8 Å². The minimum absolute atomic E-state index is 0.193. The molecule has 0 bridgehead atoms. The Kier molecular flexibility index (Phi) is 7.64. The molecule has 2 rings (SSSR count). The minimum atomic E-state index is -0.265. The van der Waals surface area contributed by atoms with E-state index in [1.807, 2.05) is 37.3 Å². The Bertz CT molecular complexity index is 760. The van der Waals surface area contributed by atoms with Crippen molar-refractivity contribution in [3.8, 4) is 5.75 Å². The molecule has 0 saturated heterocycles. The number of hydrogen-bond donors (Lipinski definition) is 2. The van der Waals surface area contributed by atoms with Gasteiger partial charge in [-0.3, -0.25) is 4.79 Å². The van der Waals surface area contributed by atoms with Crippen LogP contribution in [0.4, 0.5) is 5.82 Å². The maximum absolute atomic E-state index is 12.3. The average molecular weight is 355 g/mol. The lowest BCUT2D eigenvalue weighted by Gasteiger charge is -2.10. The number of pyridine rings is 1. The smallest absolute Gasteiger partial charge is 0.255 e. The predicted octanol–water partition coefficient (Wildman–Crippen LogP) is 3.09. The molecule has 3 N–H and O–H groups in total. The predicted molar refractivity (Wildman–Crippen MR) is 102 cm³/mol. The second kappa shape index (κ2) is 10.2. The summed E-state index contributed by atoms with van der Waals surface area (Å²) in [4.78, 5) is 16.5. The molecule has 1 aromatic heterocycles. The van der Waals surface area contributed by atoms with Crippen LogP contribution >= 0.6 is 0 Å². The number of nitrogens with two attached hydrogens (primary N) is 1. The van der Waals surface area contributed by atoms with Gasteiger partial charge in [0.25, 0.3) is 5.91 Å². The van der Waals surface area contributed by atoms with Crippen LogP contribution in [0.5, 0.6) is 5.75 Å². The molecule has 0 radical (unpaired) electrons. The number of rotatable bonds is 9. The summed E-state index contributed by atoms with van der Waals surface area (Å²) in [5.41, 5.74) is 7.86. The average Bonchev–Trinajstić information content (AvgIpc) is 2.64. The van der Waals surface area contributed by atoms with Crippen molar-refractivity contribution in [3.63, 3.8) is 0 Å². The molecule has 0 spiro atoms. The van der Waals surface area contributed by atoms with E-state index in [0.717, 1.165) is 17.7 Å². The van der Waals surface area contributed by atoms with E-state index in [1.165, 1.54) is 0 Å². The molecule has 1 amide bonds. The van der Waals surface area contributed by atoms with Crippen LogP contribution in [-0.2, 0) is 17.9 Å². The first kappa shape index (κ1) is 19.5. The van der Waals surface area contributed by atoms with Crippen LogP contribution in [0.1, 0.15) is 35.0 Å². The Balaban J connectivity index is 1.92. The lowest BCUT2D eigenvalue weighted by Crippen LogP contribution is -2.24. The zero-order chi connectivity index (χ0) is 18.8. The number of nitrogen functional groups attached to an aromatic ring is 1. The first-order chi connectivity index (χ1) is 12.6. The number of anilines is 1. The number of amides is 1. The summed E-state index contributed by atoms with van der Waals surface area (Å²) < 4.78 is 10.7. The van der Waals surface area contributed by atoms with Crippen LogP contribution in [-0.4, -0.2) is 24.6 Å². The number of nitrogens with one attached hydrogen (secondary N) is 1. The maximum Gasteiger partial charge on any atom is 0.255 e. The molecule has 138 valence electrons. The van der Waals surface area contributed by atoms with E-state index < -0.39 is 0 Å². The molecule has 1 heterocycles. The molecule has 0 aliphatic carbocycles. The Hall–Kier alpha value is -2.86. The molecule has 0 unspecified atom stereocenters. The second-order valence-corrected chi connectivity index (χ2v) is 5.70. The Morgan fingerprint density at radius 3 is 2.88 bits per heavy atom. The van der Waals surface area contributed by atoms with Crippen molar-refractivity contribution in [3.05, 3.63) is 65.4 Å². The topological polar surface area (TPSA) is 86.5 Å². The quantitative estimate of drug-likeness (QED) is 0.533. The summed E-state index contributed by atoms with van der Waals surface area (Å²) >= 11 is 0. The highest BCUT2D eigenvalue weighted by molar-refractivity contribution is 5.98. The Labute approximate surface area is 154 Å². The molecule has 6 heteroatoms. The second-order valence-electron chi connectivity index (χ2n) is 5.70. The fourth-order valence-electron chi connectivity index (χ4n) is 2.37. The Morgan fingerprint density at radius 2 is 2.15 bits per heavy atom. The van der Waals surface area contributed by atoms with E-state index in [-0.39, 0.29) is 11.7 Å². The third-order valence-corrected chi connectivity index (χ3v) is 3.66. The number of allylic oxidation sites excluding steroid dienone is 1. The van der Waals surface area contributed by atoms with Gasteiger partial charge in [-0.15, -0.1) is 0 Å². The molecular weight excluding hydrogens is 330 g/mol. The van der Waals surface area contributed by atoms with Gasteiger partial charge < -0.3 is 20.5 Å². The third-order valence-electron chi connectivity index (χ3n) is 3.66. The molecule has 2 aromatic rings. The number of methoxy groups -OCH3 is 1. The normalized spacial score (nSPS) is 10.8. The monoisotopic (exact) mass is 355 g/mol. The van der Waals surface area contributed by atoms with Crippen LogP contribution in [0.25, 0.3) is 0 Å². The largest absolute Gasteiger partial charge is 0.493 e. The highest BCUT2D eigenvalue weighted by Crippen LogP contribution is 2.15. The molecule has 26 heavy (non-hydrogen) atoms. The van der Waals surface area contributed by atoms with Crippen LogP contribution in [0, 0.1) is 0 Å². The van der Waals surface area contributed by atoms with Gasteiger partial charge >= 0.3 is 0 Å². The van der Waals surface area contributed by atoms with Crippen LogP contribution in [0.3, 0.4) is 0 Å². The summed E-state index contributed by atoms with van der Waals surface area (Å²) in [5.74, 6) is 0.711. The summed E-state index contributed by atoms with van der Waals surface area (Å²) in [6.07, 6.45) is 4.92. The fraction of sp³-hybridized carbons (Fsp3) is 0.300. The van der Waals surface area contributed by atoms with Gasteiger partial charge in [-0.1, -0.05) is 24.3 Å². The van der Waals surface area contributed by atoms with Crippen molar-refractivity contribution in [2.24, 2.45) is 0 Å². The first-order valence-electron chi connectivity index (χ1n) is 8.49. The van der Waals surface area contributed by atoms with Gasteiger partial charge in [0.1, 0.15) is 11.6 Å². The van der Waals surface area contributed by atoms with Crippen molar-refractivity contribution < 1.29 is 14.3 Å². The molecule has 6 nitrogen and oxygen atoms in total. The van der Waals surface area contributed by atoms with Gasteiger partial charge in [-0.25, -0.2) is 4.98 Å². The molecule has 0 fully saturated rings. The number of aromatic nitrogens is 1.